The third kappa shape index (κ3) is 6.34. The second-order valence-electron chi connectivity index (χ2n) is 10.3. The molecule has 1 unspecified atom stereocenters. The molecule has 1 amide bonds. The first-order valence-corrected chi connectivity index (χ1v) is 14.3. The van der Waals surface area contributed by atoms with Gasteiger partial charge in [0.15, 0.2) is 0 Å². The number of hydrogen-bond acceptors (Lipinski definition) is 3. The molecule has 1 heterocycles. The van der Waals surface area contributed by atoms with Gasteiger partial charge in [0.25, 0.3) is 11.5 Å². The van der Waals surface area contributed by atoms with Gasteiger partial charge in [-0.2, -0.15) is 13.2 Å². The van der Waals surface area contributed by atoms with E-state index in [4.69, 9.17) is 16.6 Å². The highest BCUT2D eigenvalue weighted by molar-refractivity contribution is 6.30. The fourth-order valence-electron chi connectivity index (χ4n) is 5.31. The molecule has 5 aromatic rings. The highest BCUT2D eigenvalue weighted by atomic mass is 35.5. The molecule has 9 heteroatoms. The molecule has 220 valence electrons. The molecule has 0 fully saturated rings. The molecule has 1 aromatic heterocycles. The molecule has 0 aliphatic heterocycles. The smallest absolute Gasteiger partial charge is 0.328 e. The molecule has 0 radical (unpaired) electrons. The Labute approximate surface area is 252 Å². The van der Waals surface area contributed by atoms with Crippen LogP contribution in [0.15, 0.2) is 102 Å². The summed E-state index contributed by atoms with van der Waals surface area (Å²) in [5.41, 5.74) is 1.36. The van der Waals surface area contributed by atoms with Gasteiger partial charge < -0.3 is 4.90 Å². The maximum Gasteiger partial charge on any atom is 0.416 e. The number of aromatic nitrogens is 2. The van der Waals surface area contributed by atoms with E-state index in [0.717, 1.165) is 23.3 Å². The lowest BCUT2D eigenvalue weighted by atomic mass is 10.0. The van der Waals surface area contributed by atoms with E-state index in [9.17, 15) is 22.8 Å². The van der Waals surface area contributed by atoms with E-state index in [1.54, 1.807) is 42.5 Å². The standard InChI is InChI=1S/C34H29ClF3N3O2/c1-3-29(31-39-28-15-8-7-14-27(28)33(43)41(31)30-17-16-26(35)20-22(30)2)40(19-18-23-10-5-4-6-11-23)32(42)24-12-9-13-25(21-24)34(36,37)38/h4-17,20-21,29H,3,18-19H2,1-2H3. The first-order valence-electron chi connectivity index (χ1n) is 13.9. The van der Waals surface area contributed by atoms with Crippen LogP contribution in [0.3, 0.4) is 0 Å². The van der Waals surface area contributed by atoms with Gasteiger partial charge in [-0.25, -0.2) is 4.98 Å². The molecule has 0 aliphatic rings. The number of benzene rings is 4. The monoisotopic (exact) mass is 603 g/mol. The van der Waals surface area contributed by atoms with Crippen LogP contribution in [0.1, 0.15) is 52.3 Å². The molecule has 0 saturated carbocycles. The quantitative estimate of drug-likeness (QED) is 0.180. The van der Waals surface area contributed by atoms with Gasteiger partial charge in [-0.05, 0) is 79.4 Å². The van der Waals surface area contributed by atoms with Crippen molar-refractivity contribution in [1.29, 1.82) is 0 Å². The van der Waals surface area contributed by atoms with Crippen molar-refractivity contribution in [1.82, 2.24) is 14.5 Å². The summed E-state index contributed by atoms with van der Waals surface area (Å²) in [4.78, 5) is 34.7. The summed E-state index contributed by atoms with van der Waals surface area (Å²) in [5.74, 6) is -0.277. The highest BCUT2D eigenvalue weighted by Crippen LogP contribution is 2.32. The molecular weight excluding hydrogens is 575 g/mol. The number of carbonyl (C=O) groups excluding carboxylic acids is 1. The fraction of sp³-hybridized carbons (Fsp3) is 0.206. The SMILES string of the molecule is CCC(c1nc2ccccc2c(=O)n1-c1ccc(Cl)cc1C)N(CCc1ccccc1)C(=O)c1cccc(C(F)(F)F)c1. The Kier molecular flexibility index (Phi) is 8.69. The van der Waals surface area contributed by atoms with Crippen LogP contribution in [-0.4, -0.2) is 26.9 Å². The molecular formula is C34H29ClF3N3O2. The minimum absolute atomic E-state index is 0.0984. The molecule has 0 N–H and O–H groups in total. The van der Waals surface area contributed by atoms with E-state index < -0.39 is 23.7 Å². The fourth-order valence-corrected chi connectivity index (χ4v) is 5.53. The van der Waals surface area contributed by atoms with Crippen molar-refractivity contribution in [2.45, 2.75) is 38.9 Å². The number of fused-ring (bicyclic) bond motifs is 1. The van der Waals surface area contributed by atoms with Crippen molar-refractivity contribution in [2.24, 2.45) is 0 Å². The predicted octanol–water partition coefficient (Wildman–Crippen LogP) is 8.20. The van der Waals surface area contributed by atoms with Crippen LogP contribution in [0.5, 0.6) is 0 Å². The van der Waals surface area contributed by atoms with Crippen molar-refractivity contribution in [2.75, 3.05) is 6.54 Å². The lowest BCUT2D eigenvalue weighted by molar-refractivity contribution is -0.137. The summed E-state index contributed by atoms with van der Waals surface area (Å²) in [7, 11) is 0. The van der Waals surface area contributed by atoms with Crippen molar-refractivity contribution in [3.8, 4) is 5.69 Å². The first kappa shape index (κ1) is 30.0. The Morgan fingerprint density at radius 3 is 2.37 bits per heavy atom. The summed E-state index contributed by atoms with van der Waals surface area (Å²) < 4.78 is 42.3. The van der Waals surface area contributed by atoms with Gasteiger partial charge in [-0.15, -0.1) is 0 Å². The maximum absolute atomic E-state index is 14.2. The molecule has 0 bridgehead atoms. The van der Waals surface area contributed by atoms with Crippen molar-refractivity contribution in [3.05, 3.63) is 141 Å². The average Bonchev–Trinajstić information content (AvgIpc) is 3.00. The maximum atomic E-state index is 14.2. The van der Waals surface area contributed by atoms with Gasteiger partial charge in [0.1, 0.15) is 5.82 Å². The number of rotatable bonds is 8. The zero-order valence-electron chi connectivity index (χ0n) is 23.6. The molecule has 0 saturated heterocycles. The number of carbonyl (C=O) groups is 1. The molecule has 0 spiro atoms. The lowest BCUT2D eigenvalue weighted by Gasteiger charge is -2.33. The topological polar surface area (TPSA) is 55.2 Å². The summed E-state index contributed by atoms with van der Waals surface area (Å²) in [6.45, 7) is 3.87. The Hall–Kier alpha value is -4.43. The molecule has 5 nitrogen and oxygen atoms in total. The summed E-state index contributed by atoms with van der Waals surface area (Å²) in [6, 6.07) is 25.3. The summed E-state index contributed by atoms with van der Waals surface area (Å²) in [5, 5.41) is 0.899. The van der Waals surface area contributed by atoms with E-state index >= 15 is 0 Å². The van der Waals surface area contributed by atoms with E-state index in [1.165, 1.54) is 21.6 Å². The number of amides is 1. The summed E-state index contributed by atoms with van der Waals surface area (Å²) in [6.07, 6.45) is -3.82. The average molecular weight is 604 g/mol. The van der Waals surface area contributed by atoms with Gasteiger partial charge in [0, 0.05) is 17.1 Å². The zero-order chi connectivity index (χ0) is 30.7. The van der Waals surface area contributed by atoms with Crippen LogP contribution in [-0.2, 0) is 12.6 Å². The number of para-hydroxylation sites is 1. The number of aryl methyl sites for hydroxylation is 1. The largest absolute Gasteiger partial charge is 0.416 e. The van der Waals surface area contributed by atoms with Crippen LogP contribution < -0.4 is 5.56 Å². The van der Waals surface area contributed by atoms with Gasteiger partial charge in [-0.1, -0.05) is 67.1 Å². The van der Waals surface area contributed by atoms with Crippen LogP contribution in [0, 0.1) is 6.92 Å². The van der Waals surface area contributed by atoms with Crippen LogP contribution >= 0.6 is 11.6 Å². The molecule has 0 aliphatic carbocycles. The third-order valence-corrected chi connectivity index (χ3v) is 7.68. The van der Waals surface area contributed by atoms with Gasteiger partial charge in [0.2, 0.25) is 0 Å². The number of halogens is 4. The normalized spacial score (nSPS) is 12.3. The zero-order valence-corrected chi connectivity index (χ0v) is 24.4. The van der Waals surface area contributed by atoms with E-state index in [-0.39, 0.29) is 17.7 Å². The van der Waals surface area contributed by atoms with Gasteiger partial charge in [0.05, 0.1) is 28.2 Å². The van der Waals surface area contributed by atoms with Crippen LogP contribution in [0.4, 0.5) is 13.2 Å². The Balaban J connectivity index is 1.71. The third-order valence-electron chi connectivity index (χ3n) is 7.44. The minimum Gasteiger partial charge on any atom is -0.328 e. The van der Waals surface area contributed by atoms with E-state index in [1.807, 2.05) is 44.2 Å². The Bertz CT molecular complexity index is 1840. The molecule has 4 aromatic carbocycles. The predicted molar refractivity (Wildman–Crippen MR) is 163 cm³/mol. The first-order chi connectivity index (χ1) is 20.6. The van der Waals surface area contributed by atoms with Crippen LogP contribution in [0.2, 0.25) is 5.02 Å². The number of alkyl halides is 3. The van der Waals surface area contributed by atoms with Gasteiger partial charge >= 0.3 is 6.18 Å². The summed E-state index contributed by atoms with van der Waals surface area (Å²) >= 11 is 6.24. The van der Waals surface area contributed by atoms with Crippen LogP contribution in [0.25, 0.3) is 16.6 Å². The van der Waals surface area contributed by atoms with Crippen molar-refractivity contribution < 1.29 is 18.0 Å². The number of nitrogens with zero attached hydrogens (tertiary/aromatic N) is 3. The highest BCUT2D eigenvalue weighted by Gasteiger charge is 2.33. The Morgan fingerprint density at radius 2 is 1.67 bits per heavy atom. The second-order valence-corrected chi connectivity index (χ2v) is 10.7. The molecule has 43 heavy (non-hydrogen) atoms. The molecule has 1 atom stereocenters. The minimum atomic E-state index is -4.61. The lowest BCUT2D eigenvalue weighted by Crippen LogP contribution is -2.40. The van der Waals surface area contributed by atoms with Crippen molar-refractivity contribution >= 4 is 28.4 Å². The Morgan fingerprint density at radius 1 is 0.953 bits per heavy atom. The van der Waals surface area contributed by atoms with E-state index in [2.05, 4.69) is 0 Å². The van der Waals surface area contributed by atoms with E-state index in [0.29, 0.717) is 40.3 Å². The molecule has 5 rings (SSSR count). The van der Waals surface area contributed by atoms with Gasteiger partial charge in [-0.3, -0.25) is 14.2 Å². The second kappa shape index (κ2) is 12.4. The van der Waals surface area contributed by atoms with Crippen molar-refractivity contribution in [3.63, 3.8) is 0 Å². The number of hydrogen-bond donors (Lipinski definition) is 0.